The summed E-state index contributed by atoms with van der Waals surface area (Å²) >= 11 is 0. The zero-order chi connectivity index (χ0) is 30.6. The Balaban J connectivity index is 0.000000410. The molecule has 41 heavy (non-hydrogen) atoms. The van der Waals surface area contributed by atoms with Gasteiger partial charge in [0.15, 0.2) is 12.6 Å². The van der Waals surface area contributed by atoms with Crippen LogP contribution >= 0.6 is 0 Å². The van der Waals surface area contributed by atoms with Crippen molar-refractivity contribution in [1.82, 2.24) is 0 Å². The van der Waals surface area contributed by atoms with Crippen LogP contribution in [-0.2, 0) is 18.9 Å². The van der Waals surface area contributed by atoms with Gasteiger partial charge < -0.3 is 59.8 Å². The molecule has 0 aromatic rings. The van der Waals surface area contributed by atoms with Crippen LogP contribution in [0.1, 0.15) is 97.3 Å². The lowest BCUT2D eigenvalue weighted by Gasteiger charge is -2.39. The third-order valence-corrected chi connectivity index (χ3v) is 7.55. The van der Waals surface area contributed by atoms with E-state index in [1.54, 1.807) is 0 Å². The summed E-state index contributed by atoms with van der Waals surface area (Å²) in [6, 6.07) is 0. The van der Waals surface area contributed by atoms with E-state index in [1.165, 1.54) is 44.9 Å². The van der Waals surface area contributed by atoms with E-state index in [4.69, 9.17) is 29.2 Å². The second kappa shape index (κ2) is 23.0. The maximum atomic E-state index is 9.88. The number of ether oxygens (including phenoxy) is 4. The molecule has 0 aromatic heterocycles. The molecule has 0 unspecified atom stereocenters. The molecule has 0 spiro atoms. The molecule has 0 radical (unpaired) electrons. The smallest absolute Gasteiger partial charge is 0.184 e. The third-order valence-electron chi connectivity index (χ3n) is 7.55. The Morgan fingerprint density at radius 1 is 0.463 bits per heavy atom. The highest BCUT2D eigenvalue weighted by Crippen LogP contribution is 2.23. The van der Waals surface area contributed by atoms with Crippen molar-refractivity contribution in [3.63, 3.8) is 0 Å². The predicted molar refractivity (Wildman–Crippen MR) is 151 cm³/mol. The molecule has 2 rings (SSSR count). The van der Waals surface area contributed by atoms with Crippen LogP contribution in [0, 0.1) is 0 Å². The molecule has 12 nitrogen and oxygen atoms in total. The highest BCUT2D eigenvalue weighted by Gasteiger charge is 2.45. The highest BCUT2D eigenvalue weighted by molar-refractivity contribution is 4.90. The number of rotatable bonds is 19. The number of unbranched alkanes of at least 4 members (excludes halogenated alkanes) is 11. The first-order valence-electron chi connectivity index (χ1n) is 15.6. The molecule has 2 aliphatic heterocycles. The minimum Gasteiger partial charge on any atom is -0.394 e. The summed E-state index contributed by atoms with van der Waals surface area (Å²) < 4.78 is 20.9. The van der Waals surface area contributed by atoms with Crippen molar-refractivity contribution in [3.8, 4) is 0 Å². The van der Waals surface area contributed by atoms with Gasteiger partial charge in [-0.25, -0.2) is 0 Å². The second-order valence-electron chi connectivity index (χ2n) is 11.0. The molecular weight excluding hydrogens is 540 g/mol. The van der Waals surface area contributed by atoms with Crippen LogP contribution in [0.5, 0.6) is 0 Å². The van der Waals surface area contributed by atoms with E-state index in [0.29, 0.717) is 13.2 Å². The lowest BCUT2D eigenvalue weighted by atomic mass is 9.99. The summed E-state index contributed by atoms with van der Waals surface area (Å²) in [7, 11) is 0. The standard InChI is InChI=1S/C15H30O6.C14H28O6/c1-2-3-4-5-6-7-8-9-20-14-13(18)12(17)11(10-16)21-15(14)19;1-2-3-4-5-6-7-8-19-13-12(17)11(16)10(9-15)20-14(13)18/h11-19H,2-10H2,1H3;10-18H,2-9H2,1H3/t11-,12-,13+,14-,15-;10-,11-,12+,13-,14-/m11/s1. The van der Waals surface area contributed by atoms with Crippen LogP contribution < -0.4 is 0 Å². The molecular formula is C29H58O12. The van der Waals surface area contributed by atoms with E-state index < -0.39 is 74.6 Å². The van der Waals surface area contributed by atoms with Gasteiger partial charge in [-0.1, -0.05) is 84.5 Å². The van der Waals surface area contributed by atoms with Gasteiger partial charge in [-0.3, -0.25) is 0 Å². The van der Waals surface area contributed by atoms with Crippen LogP contribution in [-0.4, -0.2) is 129 Å². The second-order valence-corrected chi connectivity index (χ2v) is 11.0. The molecule has 2 heterocycles. The van der Waals surface area contributed by atoms with Gasteiger partial charge in [0.05, 0.1) is 13.2 Å². The van der Waals surface area contributed by atoms with Gasteiger partial charge in [0.1, 0.15) is 48.8 Å². The van der Waals surface area contributed by atoms with Crippen LogP contribution in [0.4, 0.5) is 0 Å². The molecule has 0 aliphatic carbocycles. The Morgan fingerprint density at radius 2 is 0.780 bits per heavy atom. The van der Waals surface area contributed by atoms with Crippen molar-refractivity contribution >= 4 is 0 Å². The quantitative estimate of drug-likeness (QED) is 0.0971. The summed E-state index contributed by atoms with van der Waals surface area (Å²) in [5, 5.41) is 76.5. The van der Waals surface area contributed by atoms with Crippen molar-refractivity contribution in [2.24, 2.45) is 0 Å². The predicted octanol–water partition coefficient (Wildman–Crippen LogP) is 0.717. The zero-order valence-corrected chi connectivity index (χ0v) is 25.0. The third kappa shape index (κ3) is 14.2. The molecule has 8 N–H and O–H groups in total. The molecule has 0 aromatic carbocycles. The first kappa shape index (κ1) is 38.5. The summed E-state index contributed by atoms with van der Waals surface area (Å²) in [4.78, 5) is 0. The summed E-state index contributed by atoms with van der Waals surface area (Å²) in [5.74, 6) is 0. The Hall–Kier alpha value is -0.480. The maximum Gasteiger partial charge on any atom is 0.184 e. The summed E-state index contributed by atoms with van der Waals surface area (Å²) in [5.41, 5.74) is 0. The zero-order valence-electron chi connectivity index (χ0n) is 25.0. The average molecular weight is 599 g/mol. The van der Waals surface area contributed by atoms with Crippen molar-refractivity contribution in [1.29, 1.82) is 0 Å². The van der Waals surface area contributed by atoms with Gasteiger partial charge in [-0.05, 0) is 12.8 Å². The normalized spacial score (nSPS) is 33.8. The fraction of sp³-hybridized carbons (Fsp3) is 1.00. The maximum absolute atomic E-state index is 9.88. The van der Waals surface area contributed by atoms with Crippen molar-refractivity contribution < 1.29 is 59.8 Å². The van der Waals surface area contributed by atoms with Crippen LogP contribution in [0.3, 0.4) is 0 Å². The molecule has 246 valence electrons. The Kier molecular flexibility index (Phi) is 21.6. The minimum atomic E-state index is -1.33. The van der Waals surface area contributed by atoms with E-state index in [2.05, 4.69) is 13.8 Å². The van der Waals surface area contributed by atoms with Crippen molar-refractivity contribution in [2.45, 2.75) is 159 Å². The van der Waals surface area contributed by atoms with Crippen molar-refractivity contribution in [2.75, 3.05) is 26.4 Å². The molecule has 10 atom stereocenters. The number of aliphatic hydroxyl groups excluding tert-OH is 8. The van der Waals surface area contributed by atoms with E-state index in [-0.39, 0.29) is 0 Å². The molecule has 2 saturated heterocycles. The van der Waals surface area contributed by atoms with E-state index >= 15 is 0 Å². The molecule has 2 aliphatic rings. The number of aliphatic hydroxyl groups is 8. The van der Waals surface area contributed by atoms with Gasteiger partial charge in [0, 0.05) is 13.2 Å². The molecule has 0 amide bonds. The lowest BCUT2D eigenvalue weighted by molar-refractivity contribution is -0.296. The minimum absolute atomic E-state index is 0.408. The molecule has 2 fully saturated rings. The lowest BCUT2D eigenvalue weighted by Crippen LogP contribution is -2.59. The van der Waals surface area contributed by atoms with Crippen LogP contribution in [0.15, 0.2) is 0 Å². The monoisotopic (exact) mass is 598 g/mol. The first-order valence-corrected chi connectivity index (χ1v) is 15.6. The molecule has 0 bridgehead atoms. The van der Waals surface area contributed by atoms with Crippen molar-refractivity contribution in [3.05, 3.63) is 0 Å². The molecule has 12 heteroatoms. The topological polar surface area (TPSA) is 199 Å². The van der Waals surface area contributed by atoms with E-state index in [9.17, 15) is 30.6 Å². The van der Waals surface area contributed by atoms with Gasteiger partial charge in [-0.2, -0.15) is 0 Å². The van der Waals surface area contributed by atoms with Gasteiger partial charge in [0.2, 0.25) is 0 Å². The van der Waals surface area contributed by atoms with E-state index in [0.717, 1.165) is 38.5 Å². The van der Waals surface area contributed by atoms with Gasteiger partial charge in [0.25, 0.3) is 0 Å². The summed E-state index contributed by atoms with van der Waals surface area (Å²) in [6.45, 7) is 4.25. The number of hydrogen-bond acceptors (Lipinski definition) is 12. The van der Waals surface area contributed by atoms with Crippen LogP contribution in [0.25, 0.3) is 0 Å². The Labute approximate surface area is 245 Å². The van der Waals surface area contributed by atoms with Gasteiger partial charge >= 0.3 is 0 Å². The Bertz CT molecular complexity index is 614. The number of hydrogen-bond donors (Lipinski definition) is 8. The first-order chi connectivity index (χ1) is 19.7. The SMILES string of the molecule is CCCCCCCCCO[C@@H]1[C@@H](O)[C@H](O)[C@@H](CO)O[C@H]1O.CCCCCCCCO[C@@H]1[C@@H](O)[C@H](O)[C@@H](CO)O[C@H]1O. The average Bonchev–Trinajstić information content (AvgIpc) is 2.97. The van der Waals surface area contributed by atoms with E-state index in [1.807, 2.05) is 0 Å². The van der Waals surface area contributed by atoms with Gasteiger partial charge in [-0.15, -0.1) is 0 Å². The summed E-state index contributed by atoms with van der Waals surface area (Å²) in [6.07, 6.45) is 3.19. The fourth-order valence-electron chi connectivity index (χ4n) is 4.88. The molecule has 0 saturated carbocycles. The van der Waals surface area contributed by atoms with Crippen LogP contribution in [0.2, 0.25) is 0 Å². The highest BCUT2D eigenvalue weighted by atomic mass is 16.7. The Morgan fingerprint density at radius 3 is 1.10 bits per heavy atom. The fourth-order valence-corrected chi connectivity index (χ4v) is 4.88. The largest absolute Gasteiger partial charge is 0.394 e.